The molecule has 0 spiro atoms. The molecule has 0 atom stereocenters. The molecule has 1 aliphatic heterocycles. The van der Waals surface area contributed by atoms with Gasteiger partial charge in [-0.3, -0.25) is 4.79 Å². The normalized spacial score (nSPS) is 14.4. The molecule has 98 valence electrons. The van der Waals surface area contributed by atoms with Crippen LogP contribution in [0.5, 0.6) is 0 Å². The van der Waals surface area contributed by atoms with Crippen molar-refractivity contribution in [3.63, 3.8) is 0 Å². The molecule has 0 fully saturated rings. The third-order valence-electron chi connectivity index (χ3n) is 2.79. The summed E-state index contributed by atoms with van der Waals surface area (Å²) in [6, 6.07) is 5.04. The Morgan fingerprint density at radius 3 is 2.83 bits per heavy atom. The van der Waals surface area contributed by atoms with Gasteiger partial charge in [0.05, 0.1) is 26.3 Å². The molecular formula is C12H14F2N2O2. The van der Waals surface area contributed by atoms with Crippen molar-refractivity contribution in [1.82, 2.24) is 5.32 Å². The predicted octanol–water partition coefficient (Wildman–Crippen LogP) is 1.04. The van der Waals surface area contributed by atoms with E-state index in [1.807, 2.05) is 0 Å². The van der Waals surface area contributed by atoms with Crippen LogP contribution in [0.2, 0.25) is 0 Å². The van der Waals surface area contributed by atoms with E-state index in [4.69, 9.17) is 10.5 Å². The molecule has 18 heavy (non-hydrogen) atoms. The first-order valence-electron chi connectivity index (χ1n) is 5.57. The Hall–Kier alpha value is -1.53. The maximum absolute atomic E-state index is 12.9. The van der Waals surface area contributed by atoms with E-state index in [0.29, 0.717) is 18.8 Å². The van der Waals surface area contributed by atoms with Crippen LogP contribution >= 0.6 is 0 Å². The summed E-state index contributed by atoms with van der Waals surface area (Å²) in [4.78, 5) is 11.7. The van der Waals surface area contributed by atoms with E-state index in [1.54, 1.807) is 18.2 Å². The summed E-state index contributed by atoms with van der Waals surface area (Å²) >= 11 is 0. The minimum absolute atomic E-state index is 0.354. The fourth-order valence-electron chi connectivity index (χ4n) is 1.70. The van der Waals surface area contributed by atoms with E-state index < -0.39 is 24.9 Å². The second-order valence-electron chi connectivity index (χ2n) is 4.22. The van der Waals surface area contributed by atoms with Gasteiger partial charge >= 0.3 is 0 Å². The fraction of sp³-hybridized carbons (Fsp3) is 0.417. The Labute approximate surface area is 103 Å². The van der Waals surface area contributed by atoms with E-state index in [1.165, 1.54) is 0 Å². The van der Waals surface area contributed by atoms with Crippen molar-refractivity contribution in [2.24, 2.45) is 5.73 Å². The standard InChI is InChI=1S/C12H14F2N2O2/c13-12(14,6-15)7-16-11(17)8-1-2-9-4-18-5-10(9)3-8/h1-3H,4-7,15H2,(H,16,17). The number of nitrogens with two attached hydrogens (primary N) is 1. The van der Waals surface area contributed by atoms with Crippen molar-refractivity contribution in [2.45, 2.75) is 19.1 Å². The van der Waals surface area contributed by atoms with Crippen LogP contribution in [-0.4, -0.2) is 24.9 Å². The number of amides is 1. The van der Waals surface area contributed by atoms with E-state index in [9.17, 15) is 13.6 Å². The zero-order valence-electron chi connectivity index (χ0n) is 9.71. The van der Waals surface area contributed by atoms with Gasteiger partial charge in [0.25, 0.3) is 11.8 Å². The summed E-state index contributed by atoms with van der Waals surface area (Å²) in [7, 11) is 0. The lowest BCUT2D eigenvalue weighted by Crippen LogP contribution is -2.41. The quantitative estimate of drug-likeness (QED) is 0.846. The molecule has 0 unspecified atom stereocenters. The van der Waals surface area contributed by atoms with Crippen molar-refractivity contribution >= 4 is 5.91 Å². The third kappa shape index (κ3) is 2.83. The molecule has 3 N–H and O–H groups in total. The maximum Gasteiger partial charge on any atom is 0.277 e. The number of hydrogen-bond acceptors (Lipinski definition) is 3. The van der Waals surface area contributed by atoms with Gasteiger partial charge in [-0.2, -0.15) is 0 Å². The highest BCUT2D eigenvalue weighted by molar-refractivity contribution is 5.94. The Kier molecular flexibility index (Phi) is 3.58. The highest BCUT2D eigenvalue weighted by Crippen LogP contribution is 2.20. The lowest BCUT2D eigenvalue weighted by Gasteiger charge is -2.14. The van der Waals surface area contributed by atoms with Crippen LogP contribution in [0.15, 0.2) is 18.2 Å². The highest BCUT2D eigenvalue weighted by Gasteiger charge is 2.27. The van der Waals surface area contributed by atoms with Crippen LogP contribution in [0.3, 0.4) is 0 Å². The molecule has 1 heterocycles. The Morgan fingerprint density at radius 2 is 2.11 bits per heavy atom. The summed E-state index contributed by atoms with van der Waals surface area (Å²) in [6.45, 7) is -0.556. The molecule has 0 saturated carbocycles. The molecule has 1 aromatic rings. The number of rotatable bonds is 4. The zero-order chi connectivity index (χ0) is 13.2. The van der Waals surface area contributed by atoms with E-state index in [0.717, 1.165) is 11.1 Å². The second kappa shape index (κ2) is 4.99. The van der Waals surface area contributed by atoms with Gasteiger partial charge in [-0.15, -0.1) is 0 Å². The number of carbonyl (C=O) groups is 1. The topological polar surface area (TPSA) is 64.3 Å². The molecule has 1 amide bonds. The largest absolute Gasteiger partial charge is 0.372 e. The van der Waals surface area contributed by atoms with Crippen molar-refractivity contribution in [3.05, 3.63) is 34.9 Å². The lowest BCUT2D eigenvalue weighted by atomic mass is 10.1. The second-order valence-corrected chi connectivity index (χ2v) is 4.22. The molecule has 0 aliphatic carbocycles. The van der Waals surface area contributed by atoms with Crippen LogP contribution in [0.1, 0.15) is 21.5 Å². The molecule has 0 aromatic heterocycles. The van der Waals surface area contributed by atoms with Crippen LogP contribution < -0.4 is 11.1 Å². The Morgan fingerprint density at radius 1 is 1.39 bits per heavy atom. The number of alkyl halides is 2. The number of hydrogen-bond donors (Lipinski definition) is 2. The molecule has 1 aliphatic rings. The molecule has 0 saturated heterocycles. The average molecular weight is 256 g/mol. The zero-order valence-corrected chi connectivity index (χ0v) is 9.71. The third-order valence-corrected chi connectivity index (χ3v) is 2.79. The number of halogens is 2. The number of benzene rings is 1. The van der Waals surface area contributed by atoms with Crippen molar-refractivity contribution in [2.75, 3.05) is 13.1 Å². The molecule has 0 radical (unpaired) electrons. The van der Waals surface area contributed by atoms with E-state index in [-0.39, 0.29) is 0 Å². The maximum atomic E-state index is 12.9. The minimum Gasteiger partial charge on any atom is -0.372 e. The van der Waals surface area contributed by atoms with Crippen LogP contribution in [0.4, 0.5) is 8.78 Å². The predicted molar refractivity (Wildman–Crippen MR) is 61.3 cm³/mol. The first kappa shape index (κ1) is 12.9. The fourth-order valence-corrected chi connectivity index (χ4v) is 1.70. The summed E-state index contributed by atoms with van der Waals surface area (Å²) in [5.41, 5.74) is 7.19. The Balaban J connectivity index is 2.01. The van der Waals surface area contributed by atoms with Crippen molar-refractivity contribution < 1.29 is 18.3 Å². The summed E-state index contributed by atoms with van der Waals surface area (Å²) < 4.78 is 31.0. The summed E-state index contributed by atoms with van der Waals surface area (Å²) in [6.07, 6.45) is 0. The van der Waals surface area contributed by atoms with E-state index in [2.05, 4.69) is 5.32 Å². The lowest BCUT2D eigenvalue weighted by molar-refractivity contribution is 0.0118. The number of fused-ring (bicyclic) bond motifs is 1. The van der Waals surface area contributed by atoms with Gasteiger partial charge in [-0.25, -0.2) is 8.78 Å². The van der Waals surface area contributed by atoms with Crippen LogP contribution in [-0.2, 0) is 18.0 Å². The molecular weight excluding hydrogens is 242 g/mol. The van der Waals surface area contributed by atoms with Gasteiger partial charge in [-0.1, -0.05) is 6.07 Å². The highest BCUT2D eigenvalue weighted by atomic mass is 19.3. The number of nitrogens with one attached hydrogen (secondary N) is 1. The van der Waals surface area contributed by atoms with Gasteiger partial charge < -0.3 is 15.8 Å². The van der Waals surface area contributed by atoms with Gasteiger partial charge in [0.1, 0.15) is 0 Å². The van der Waals surface area contributed by atoms with Gasteiger partial charge in [-0.05, 0) is 23.3 Å². The summed E-state index contributed by atoms with van der Waals surface area (Å²) in [5, 5.41) is 2.17. The first-order chi connectivity index (χ1) is 8.52. The first-order valence-corrected chi connectivity index (χ1v) is 5.57. The van der Waals surface area contributed by atoms with Gasteiger partial charge in [0.15, 0.2) is 0 Å². The molecule has 2 rings (SSSR count). The van der Waals surface area contributed by atoms with Crippen LogP contribution in [0.25, 0.3) is 0 Å². The summed E-state index contributed by atoms with van der Waals surface area (Å²) in [5.74, 6) is -3.60. The smallest absolute Gasteiger partial charge is 0.277 e. The van der Waals surface area contributed by atoms with Crippen molar-refractivity contribution in [1.29, 1.82) is 0 Å². The minimum atomic E-state index is -3.07. The van der Waals surface area contributed by atoms with Crippen molar-refractivity contribution in [3.8, 4) is 0 Å². The van der Waals surface area contributed by atoms with Crippen LogP contribution in [0, 0.1) is 0 Å². The average Bonchev–Trinajstić information content (AvgIpc) is 2.83. The molecule has 6 heteroatoms. The van der Waals surface area contributed by atoms with Gasteiger partial charge in [0.2, 0.25) is 0 Å². The molecule has 4 nitrogen and oxygen atoms in total. The van der Waals surface area contributed by atoms with Gasteiger partial charge in [0, 0.05) is 5.56 Å². The SMILES string of the molecule is NCC(F)(F)CNC(=O)c1ccc2c(c1)COC2. The molecule has 0 bridgehead atoms. The number of ether oxygens (including phenoxy) is 1. The number of carbonyl (C=O) groups excluding carboxylic acids is 1. The Bertz CT molecular complexity index is 463. The molecule has 1 aromatic carbocycles. The van der Waals surface area contributed by atoms with E-state index >= 15 is 0 Å². The monoisotopic (exact) mass is 256 g/mol.